The van der Waals surface area contributed by atoms with Gasteiger partial charge in [0.2, 0.25) is 5.91 Å². The number of para-hydroxylation sites is 1. The van der Waals surface area contributed by atoms with Crippen LogP contribution >= 0.6 is 0 Å². The van der Waals surface area contributed by atoms with Crippen LogP contribution in [0.25, 0.3) is 10.9 Å². The smallest absolute Gasteiger partial charge is 0.329 e. The Bertz CT molecular complexity index is 946. The minimum Gasteiger partial charge on any atom is -0.354 e. The zero-order valence-electron chi connectivity index (χ0n) is 15.4. The van der Waals surface area contributed by atoms with Crippen molar-refractivity contribution in [1.29, 1.82) is 0 Å². The van der Waals surface area contributed by atoms with E-state index in [9.17, 15) is 14.4 Å². The van der Waals surface area contributed by atoms with Crippen LogP contribution in [0.5, 0.6) is 0 Å². The molecular weight excluding hydrogens is 344 g/mol. The van der Waals surface area contributed by atoms with E-state index in [1.165, 1.54) is 25.7 Å². The number of fused-ring (bicyclic) bond motifs is 2. The molecule has 1 amide bonds. The van der Waals surface area contributed by atoms with E-state index >= 15 is 0 Å². The molecular formula is C20H26N4O3. The summed E-state index contributed by atoms with van der Waals surface area (Å²) in [6.07, 6.45) is 6.01. The molecule has 0 saturated carbocycles. The van der Waals surface area contributed by atoms with E-state index in [1.54, 1.807) is 24.3 Å². The molecule has 7 heteroatoms. The second-order valence-electron chi connectivity index (χ2n) is 7.67. The van der Waals surface area contributed by atoms with Gasteiger partial charge in [0.05, 0.1) is 10.9 Å². The van der Waals surface area contributed by atoms with Crippen LogP contribution in [0.15, 0.2) is 33.9 Å². The predicted octanol–water partition coefficient (Wildman–Crippen LogP) is 1.07. The van der Waals surface area contributed by atoms with Crippen LogP contribution in [-0.2, 0) is 11.3 Å². The molecule has 1 aromatic carbocycles. The Labute approximate surface area is 157 Å². The lowest BCUT2D eigenvalue weighted by Crippen LogP contribution is -2.51. The molecule has 2 atom stereocenters. The number of benzene rings is 1. The maximum absolute atomic E-state index is 12.5. The van der Waals surface area contributed by atoms with Crippen molar-refractivity contribution in [3.63, 3.8) is 0 Å². The average molecular weight is 370 g/mol. The molecule has 2 aliphatic rings. The van der Waals surface area contributed by atoms with E-state index in [0.717, 1.165) is 24.1 Å². The summed E-state index contributed by atoms with van der Waals surface area (Å²) < 4.78 is 0.978. The van der Waals surface area contributed by atoms with Gasteiger partial charge in [-0.25, -0.2) is 4.79 Å². The first-order valence-corrected chi connectivity index (χ1v) is 9.86. The lowest BCUT2D eigenvalue weighted by molar-refractivity contribution is -0.122. The molecule has 0 bridgehead atoms. The first-order chi connectivity index (χ1) is 13.1. The largest absolute Gasteiger partial charge is 0.354 e. The van der Waals surface area contributed by atoms with Crippen LogP contribution in [0.4, 0.5) is 0 Å². The third kappa shape index (κ3) is 3.69. The predicted molar refractivity (Wildman–Crippen MR) is 104 cm³/mol. The molecule has 1 aromatic heterocycles. The molecule has 2 aliphatic heterocycles. The Kier molecular flexibility index (Phi) is 5.11. The highest BCUT2D eigenvalue weighted by Gasteiger charge is 2.32. The van der Waals surface area contributed by atoms with Gasteiger partial charge in [0.15, 0.2) is 0 Å². The number of hydrogen-bond acceptors (Lipinski definition) is 4. The van der Waals surface area contributed by atoms with Gasteiger partial charge in [-0.3, -0.25) is 14.2 Å². The van der Waals surface area contributed by atoms with Crippen LogP contribution in [-0.4, -0.2) is 46.0 Å². The van der Waals surface area contributed by atoms with Crippen molar-refractivity contribution >= 4 is 16.8 Å². The molecule has 0 unspecified atom stereocenters. The second-order valence-corrected chi connectivity index (χ2v) is 7.67. The molecule has 0 aliphatic carbocycles. The SMILES string of the molecule is O=C(Cn1c(=O)[nH]c2ccccc2c1=O)NC[C@H]1CCCN2CCCC[C@@H]12. The maximum atomic E-state index is 12.5. The van der Waals surface area contributed by atoms with E-state index in [0.29, 0.717) is 29.4 Å². The van der Waals surface area contributed by atoms with Crippen LogP contribution in [0.2, 0.25) is 0 Å². The van der Waals surface area contributed by atoms with E-state index in [4.69, 9.17) is 0 Å². The third-order valence-corrected chi connectivity index (χ3v) is 5.98. The summed E-state index contributed by atoms with van der Waals surface area (Å²) in [5, 5.41) is 3.37. The zero-order chi connectivity index (χ0) is 18.8. The number of carbonyl (C=O) groups excluding carboxylic acids is 1. The fourth-order valence-corrected chi connectivity index (χ4v) is 4.60. The highest BCUT2D eigenvalue weighted by Crippen LogP contribution is 2.30. The van der Waals surface area contributed by atoms with Crippen LogP contribution < -0.4 is 16.6 Å². The Balaban J connectivity index is 1.43. The van der Waals surface area contributed by atoms with Gasteiger partial charge in [0, 0.05) is 12.6 Å². The molecule has 2 saturated heterocycles. The van der Waals surface area contributed by atoms with Gasteiger partial charge >= 0.3 is 5.69 Å². The van der Waals surface area contributed by atoms with Gasteiger partial charge in [0.1, 0.15) is 6.54 Å². The fraction of sp³-hybridized carbons (Fsp3) is 0.550. The van der Waals surface area contributed by atoms with Gasteiger partial charge in [-0.15, -0.1) is 0 Å². The van der Waals surface area contributed by atoms with Gasteiger partial charge < -0.3 is 15.2 Å². The summed E-state index contributed by atoms with van der Waals surface area (Å²) in [6, 6.07) is 7.39. The minimum absolute atomic E-state index is 0.250. The van der Waals surface area contributed by atoms with Crippen molar-refractivity contribution < 1.29 is 4.79 Å². The summed E-state index contributed by atoms with van der Waals surface area (Å²) in [5.41, 5.74) is -0.491. The minimum atomic E-state index is -0.551. The van der Waals surface area contributed by atoms with Gasteiger partial charge in [0.25, 0.3) is 5.56 Å². The first-order valence-electron chi connectivity index (χ1n) is 9.86. The highest BCUT2D eigenvalue weighted by molar-refractivity contribution is 5.78. The van der Waals surface area contributed by atoms with E-state index in [1.807, 2.05) is 0 Å². The van der Waals surface area contributed by atoms with Gasteiger partial charge in [-0.05, 0) is 56.8 Å². The lowest BCUT2D eigenvalue weighted by atomic mass is 9.83. The molecule has 27 heavy (non-hydrogen) atoms. The van der Waals surface area contributed by atoms with Crippen molar-refractivity contribution in [3.05, 3.63) is 45.1 Å². The van der Waals surface area contributed by atoms with Crippen molar-refractivity contribution in [3.8, 4) is 0 Å². The van der Waals surface area contributed by atoms with Gasteiger partial charge in [-0.1, -0.05) is 18.6 Å². The summed E-state index contributed by atoms with van der Waals surface area (Å²) in [6.45, 7) is 2.69. The molecule has 3 heterocycles. The Morgan fingerprint density at radius 3 is 2.81 bits per heavy atom. The molecule has 0 spiro atoms. The standard InChI is InChI=1S/C20H26N4O3/c25-18(21-12-14-6-5-11-23-10-4-3-9-17(14)23)13-24-19(26)15-7-1-2-8-16(15)22-20(24)27/h1-2,7-8,14,17H,3-6,9-13H2,(H,21,25)(H,22,27)/t14-,17+/m1/s1. The number of aromatic amines is 1. The van der Waals surface area contributed by atoms with Crippen LogP contribution in [0.1, 0.15) is 32.1 Å². The zero-order valence-corrected chi connectivity index (χ0v) is 15.4. The molecule has 2 N–H and O–H groups in total. The van der Waals surface area contributed by atoms with E-state index in [-0.39, 0.29) is 12.5 Å². The quantitative estimate of drug-likeness (QED) is 0.843. The summed E-state index contributed by atoms with van der Waals surface area (Å²) in [4.78, 5) is 42.4. The van der Waals surface area contributed by atoms with Gasteiger partial charge in [-0.2, -0.15) is 0 Å². The fourth-order valence-electron chi connectivity index (χ4n) is 4.60. The summed E-state index contributed by atoms with van der Waals surface area (Å²) in [5.74, 6) is 0.167. The number of piperidine rings is 2. The average Bonchev–Trinajstić information content (AvgIpc) is 2.69. The van der Waals surface area contributed by atoms with Crippen molar-refractivity contribution in [2.75, 3.05) is 19.6 Å². The van der Waals surface area contributed by atoms with Crippen LogP contribution in [0, 0.1) is 5.92 Å². The molecule has 0 radical (unpaired) electrons. The number of rotatable bonds is 4. The van der Waals surface area contributed by atoms with E-state index < -0.39 is 11.2 Å². The molecule has 2 fully saturated rings. The van der Waals surface area contributed by atoms with E-state index in [2.05, 4.69) is 15.2 Å². The molecule has 4 rings (SSSR count). The maximum Gasteiger partial charge on any atom is 0.329 e. The number of nitrogens with one attached hydrogen (secondary N) is 2. The van der Waals surface area contributed by atoms with Crippen LogP contribution in [0.3, 0.4) is 0 Å². The Morgan fingerprint density at radius 2 is 1.93 bits per heavy atom. The first kappa shape index (κ1) is 18.0. The number of nitrogens with zero attached hydrogens (tertiary/aromatic N) is 2. The number of carbonyl (C=O) groups is 1. The Morgan fingerprint density at radius 1 is 1.11 bits per heavy atom. The second kappa shape index (κ2) is 7.68. The number of hydrogen-bond donors (Lipinski definition) is 2. The number of H-pyrrole nitrogens is 1. The Hall–Kier alpha value is -2.41. The topological polar surface area (TPSA) is 87.2 Å². The normalized spacial score (nSPS) is 23.1. The third-order valence-electron chi connectivity index (χ3n) is 5.98. The van der Waals surface area contributed by atoms with Crippen molar-refractivity contribution in [2.24, 2.45) is 5.92 Å². The molecule has 144 valence electrons. The lowest BCUT2D eigenvalue weighted by Gasteiger charge is -2.44. The highest BCUT2D eigenvalue weighted by atomic mass is 16.2. The summed E-state index contributed by atoms with van der Waals surface area (Å²) in [7, 11) is 0. The molecule has 7 nitrogen and oxygen atoms in total. The molecule has 2 aromatic rings. The number of amides is 1. The number of aromatic nitrogens is 2. The van der Waals surface area contributed by atoms with Crippen molar-refractivity contribution in [2.45, 2.75) is 44.7 Å². The monoisotopic (exact) mass is 370 g/mol. The van der Waals surface area contributed by atoms with Crippen molar-refractivity contribution in [1.82, 2.24) is 19.8 Å². The summed E-state index contributed by atoms with van der Waals surface area (Å²) >= 11 is 0.